The predicted octanol–water partition coefficient (Wildman–Crippen LogP) is 19.2. The number of para-hydroxylation sites is 1. The van der Waals surface area contributed by atoms with Crippen LogP contribution in [-0.2, 0) is 5.41 Å². The number of hydrogen-bond acceptors (Lipinski definition) is 2. The summed E-state index contributed by atoms with van der Waals surface area (Å²) in [4.78, 5) is 2.37. The Hall–Kier alpha value is -9.50. The van der Waals surface area contributed by atoms with Crippen molar-refractivity contribution >= 4 is 49.8 Å². The van der Waals surface area contributed by atoms with Crippen LogP contribution in [-0.4, -0.2) is 0 Å². The van der Waals surface area contributed by atoms with Gasteiger partial charge >= 0.3 is 0 Å². The number of anilines is 3. The number of hydrogen-bond donors (Lipinski definition) is 0. The van der Waals surface area contributed by atoms with Gasteiger partial charge in [-0.25, -0.2) is 0 Å². The van der Waals surface area contributed by atoms with Gasteiger partial charge in [-0.2, -0.15) is 0 Å². The molecule has 0 atom stereocenters. The molecule has 1 aliphatic rings. The Labute approximate surface area is 425 Å². The zero-order chi connectivity index (χ0) is 48.3. The van der Waals surface area contributed by atoms with Crippen LogP contribution in [0.1, 0.15) is 22.3 Å². The molecule has 0 N–H and O–H groups in total. The molecule has 0 bridgehead atoms. The lowest BCUT2D eigenvalue weighted by Gasteiger charge is -2.34. The van der Waals surface area contributed by atoms with Crippen LogP contribution in [0.3, 0.4) is 0 Å². The normalized spacial score (nSPS) is 12.5. The molecule has 342 valence electrons. The van der Waals surface area contributed by atoms with Gasteiger partial charge in [0.2, 0.25) is 0 Å². The molecular weight excluding hydrogens is 883 g/mol. The van der Waals surface area contributed by atoms with E-state index in [9.17, 15) is 0 Å². The Morgan fingerprint density at radius 3 is 1.32 bits per heavy atom. The maximum absolute atomic E-state index is 6.31. The number of nitrogens with zero attached hydrogens (tertiary/aromatic N) is 1. The molecule has 13 aromatic rings. The second kappa shape index (κ2) is 17.4. The van der Waals surface area contributed by atoms with Gasteiger partial charge in [-0.15, -0.1) is 0 Å². The standard InChI is InChI=1S/C71H47NO/c1-4-17-49(18-5-1)58-45-46-59(62-24-11-10-23-61(58)62)50-33-40-56(41-34-50)72(55-38-31-48(32-39-55)52-37-44-64-63-25-13-15-30-68(63)73-69(64)47-52)57-42-35-51(36-43-57)60-27-16-29-67-70(60)65-26-12-14-28-66(65)71(67,53-19-6-2-7-20-53)54-21-8-3-9-22-54/h1-47H. The highest BCUT2D eigenvalue weighted by molar-refractivity contribution is 6.07. The van der Waals surface area contributed by atoms with Crippen LogP contribution < -0.4 is 4.90 Å². The first kappa shape index (κ1) is 42.4. The van der Waals surface area contributed by atoms with E-state index in [0.29, 0.717) is 0 Å². The quantitative estimate of drug-likeness (QED) is 0.143. The van der Waals surface area contributed by atoms with Crippen LogP contribution in [0, 0.1) is 0 Å². The Morgan fingerprint density at radius 1 is 0.260 bits per heavy atom. The fraction of sp³-hybridized carbons (Fsp3) is 0.0141. The summed E-state index contributed by atoms with van der Waals surface area (Å²) < 4.78 is 6.31. The zero-order valence-electron chi connectivity index (χ0n) is 40.0. The van der Waals surface area contributed by atoms with Gasteiger partial charge in [-0.1, -0.05) is 231 Å². The van der Waals surface area contributed by atoms with Crippen LogP contribution in [0.5, 0.6) is 0 Å². The van der Waals surface area contributed by atoms with Crippen molar-refractivity contribution in [3.63, 3.8) is 0 Å². The van der Waals surface area contributed by atoms with Crippen LogP contribution in [0.25, 0.3) is 88.3 Å². The second-order valence-corrected chi connectivity index (χ2v) is 19.1. The van der Waals surface area contributed by atoms with E-state index in [1.165, 1.54) is 77.5 Å². The third-order valence-corrected chi connectivity index (χ3v) is 15.2. The SMILES string of the molecule is c1ccc(-c2ccc(-c3ccc(N(c4ccc(-c5ccc6c(c5)oc5ccccc56)cc4)c4ccc(-c5cccc6c5-c5ccccc5C6(c5ccccc5)c5ccccc5)cc4)cc3)c3ccccc23)cc1. The maximum Gasteiger partial charge on any atom is 0.136 e. The van der Waals surface area contributed by atoms with Crippen LogP contribution >= 0.6 is 0 Å². The third-order valence-electron chi connectivity index (χ3n) is 15.2. The molecule has 0 spiro atoms. The molecule has 1 aromatic heterocycles. The summed E-state index contributed by atoms with van der Waals surface area (Å²) in [6.45, 7) is 0. The Bertz CT molecular complexity index is 4120. The van der Waals surface area contributed by atoms with Crippen molar-refractivity contribution in [1.82, 2.24) is 0 Å². The number of fused-ring (bicyclic) bond motifs is 7. The van der Waals surface area contributed by atoms with Gasteiger partial charge in [0.1, 0.15) is 11.2 Å². The minimum Gasteiger partial charge on any atom is -0.456 e. The molecule has 12 aromatic carbocycles. The first-order valence-corrected chi connectivity index (χ1v) is 25.2. The molecule has 0 aliphatic heterocycles. The highest BCUT2D eigenvalue weighted by Crippen LogP contribution is 2.58. The Morgan fingerprint density at radius 2 is 0.699 bits per heavy atom. The average Bonchev–Trinajstić information content (AvgIpc) is 4.00. The lowest BCUT2D eigenvalue weighted by molar-refractivity contribution is 0.669. The van der Waals surface area contributed by atoms with Crippen molar-refractivity contribution in [3.05, 3.63) is 307 Å². The molecular formula is C71H47NO. The topological polar surface area (TPSA) is 16.4 Å². The van der Waals surface area contributed by atoms with Crippen molar-refractivity contribution in [2.24, 2.45) is 0 Å². The maximum atomic E-state index is 6.31. The van der Waals surface area contributed by atoms with Gasteiger partial charge in [-0.05, 0) is 143 Å². The molecule has 73 heavy (non-hydrogen) atoms. The predicted molar refractivity (Wildman–Crippen MR) is 305 cm³/mol. The van der Waals surface area contributed by atoms with Gasteiger partial charge in [0.05, 0.1) is 5.41 Å². The fourth-order valence-corrected chi connectivity index (χ4v) is 11.9. The molecule has 2 nitrogen and oxygen atoms in total. The minimum absolute atomic E-state index is 0.465. The molecule has 14 rings (SSSR count). The molecule has 0 saturated carbocycles. The lowest BCUT2D eigenvalue weighted by atomic mass is 9.67. The first-order chi connectivity index (χ1) is 36.2. The van der Waals surface area contributed by atoms with Crippen molar-refractivity contribution < 1.29 is 4.42 Å². The van der Waals surface area contributed by atoms with Crippen LogP contribution in [0.2, 0.25) is 0 Å². The Kier molecular flexibility index (Phi) is 10.1. The summed E-state index contributed by atoms with van der Waals surface area (Å²) in [6, 6.07) is 104. The average molecular weight is 930 g/mol. The summed E-state index contributed by atoms with van der Waals surface area (Å²) in [5.74, 6) is 0. The van der Waals surface area contributed by atoms with E-state index in [-0.39, 0.29) is 0 Å². The van der Waals surface area contributed by atoms with Crippen molar-refractivity contribution in [1.29, 1.82) is 0 Å². The fourth-order valence-electron chi connectivity index (χ4n) is 11.9. The van der Waals surface area contributed by atoms with Gasteiger partial charge in [0.15, 0.2) is 0 Å². The Balaban J connectivity index is 0.874. The number of rotatable bonds is 9. The largest absolute Gasteiger partial charge is 0.456 e. The molecule has 0 radical (unpaired) electrons. The minimum atomic E-state index is -0.465. The van der Waals surface area contributed by atoms with E-state index < -0.39 is 5.41 Å². The van der Waals surface area contributed by atoms with Gasteiger partial charge < -0.3 is 9.32 Å². The molecule has 0 unspecified atom stereocenters. The van der Waals surface area contributed by atoms with E-state index in [4.69, 9.17) is 4.42 Å². The summed E-state index contributed by atoms with van der Waals surface area (Å²) in [6.07, 6.45) is 0. The third kappa shape index (κ3) is 6.94. The molecule has 0 amide bonds. The molecule has 0 saturated heterocycles. The first-order valence-electron chi connectivity index (χ1n) is 25.2. The highest BCUT2D eigenvalue weighted by Gasteiger charge is 2.46. The monoisotopic (exact) mass is 929 g/mol. The van der Waals surface area contributed by atoms with E-state index in [2.05, 4.69) is 278 Å². The van der Waals surface area contributed by atoms with E-state index in [0.717, 1.165) is 50.1 Å². The van der Waals surface area contributed by atoms with Crippen molar-refractivity contribution in [2.75, 3.05) is 4.90 Å². The second-order valence-electron chi connectivity index (χ2n) is 19.1. The lowest BCUT2D eigenvalue weighted by Crippen LogP contribution is -2.28. The number of furan rings is 1. The van der Waals surface area contributed by atoms with Crippen molar-refractivity contribution in [3.8, 4) is 55.6 Å². The zero-order valence-corrected chi connectivity index (χ0v) is 40.0. The van der Waals surface area contributed by atoms with Crippen LogP contribution in [0.4, 0.5) is 17.1 Å². The summed E-state index contributed by atoms with van der Waals surface area (Å²) in [5.41, 5.74) is 21.7. The molecule has 1 aliphatic carbocycles. The number of benzene rings is 12. The van der Waals surface area contributed by atoms with Crippen molar-refractivity contribution in [2.45, 2.75) is 5.41 Å². The van der Waals surface area contributed by atoms with Gasteiger partial charge in [-0.3, -0.25) is 0 Å². The van der Waals surface area contributed by atoms with E-state index >= 15 is 0 Å². The van der Waals surface area contributed by atoms with Gasteiger partial charge in [0, 0.05) is 27.8 Å². The van der Waals surface area contributed by atoms with E-state index in [1.54, 1.807) is 0 Å². The summed E-state index contributed by atoms with van der Waals surface area (Å²) >= 11 is 0. The highest BCUT2D eigenvalue weighted by atomic mass is 16.3. The molecule has 2 heteroatoms. The van der Waals surface area contributed by atoms with Gasteiger partial charge in [0.25, 0.3) is 0 Å². The van der Waals surface area contributed by atoms with Crippen LogP contribution in [0.15, 0.2) is 290 Å². The summed E-state index contributed by atoms with van der Waals surface area (Å²) in [7, 11) is 0. The summed E-state index contributed by atoms with van der Waals surface area (Å²) in [5, 5.41) is 4.75. The smallest absolute Gasteiger partial charge is 0.136 e. The van der Waals surface area contributed by atoms with E-state index in [1.807, 2.05) is 12.1 Å². The molecule has 0 fully saturated rings. The molecule has 1 heterocycles.